The predicted molar refractivity (Wildman–Crippen MR) is 89.2 cm³/mol. The van der Waals surface area contributed by atoms with Crippen molar-refractivity contribution in [2.75, 3.05) is 0 Å². The van der Waals surface area contributed by atoms with Gasteiger partial charge >= 0.3 is 0 Å². The standard InChI is InChI=1S/C20H27NO2/c22-19(21-23)18-5-3-14(4-6-18)2-1-7-20-11-15-8-16(12-20)10-17(9-15)13-20/h3-6,15-17,23H,1-2,7-13H2,(H,21,22). The second-order valence-electron chi connectivity index (χ2n) is 8.41. The van der Waals surface area contributed by atoms with E-state index in [2.05, 4.69) is 0 Å². The molecule has 4 fully saturated rings. The molecule has 4 saturated carbocycles. The molecule has 0 unspecified atom stereocenters. The zero-order chi connectivity index (χ0) is 15.9. The first kappa shape index (κ1) is 15.2. The second kappa shape index (κ2) is 5.94. The fourth-order valence-electron chi connectivity index (χ4n) is 6.15. The van der Waals surface area contributed by atoms with Gasteiger partial charge in [0.2, 0.25) is 0 Å². The van der Waals surface area contributed by atoms with Crippen LogP contribution in [0.3, 0.4) is 0 Å². The Kier molecular flexibility index (Phi) is 3.92. The van der Waals surface area contributed by atoms with Crippen molar-refractivity contribution in [3.05, 3.63) is 35.4 Å². The Bertz CT molecular complexity index is 543. The van der Waals surface area contributed by atoms with Crippen LogP contribution in [-0.2, 0) is 6.42 Å². The summed E-state index contributed by atoms with van der Waals surface area (Å²) in [5, 5.41) is 8.65. The van der Waals surface area contributed by atoms with E-state index in [1.54, 1.807) is 17.6 Å². The minimum atomic E-state index is -0.440. The van der Waals surface area contributed by atoms with E-state index < -0.39 is 5.91 Å². The van der Waals surface area contributed by atoms with Gasteiger partial charge in [0.15, 0.2) is 0 Å². The van der Waals surface area contributed by atoms with Gasteiger partial charge in [-0.05, 0) is 98.7 Å². The van der Waals surface area contributed by atoms with E-state index in [1.807, 2.05) is 12.1 Å². The molecule has 4 bridgehead atoms. The first-order valence-electron chi connectivity index (χ1n) is 9.19. The van der Waals surface area contributed by atoms with Crippen LogP contribution in [0.25, 0.3) is 0 Å². The van der Waals surface area contributed by atoms with Gasteiger partial charge in [-0.1, -0.05) is 12.1 Å². The molecular formula is C20H27NO2. The maximum Gasteiger partial charge on any atom is 0.274 e. The molecule has 0 atom stereocenters. The lowest BCUT2D eigenvalue weighted by Crippen LogP contribution is -2.45. The molecule has 124 valence electrons. The number of carbonyl (C=O) groups is 1. The number of hydroxylamine groups is 1. The molecule has 5 rings (SSSR count). The predicted octanol–water partition coefficient (Wildman–Crippen LogP) is 4.34. The lowest BCUT2D eigenvalue weighted by Gasteiger charge is -2.57. The van der Waals surface area contributed by atoms with Crippen LogP contribution >= 0.6 is 0 Å². The van der Waals surface area contributed by atoms with Crippen LogP contribution in [0.15, 0.2) is 24.3 Å². The monoisotopic (exact) mass is 313 g/mol. The molecule has 0 radical (unpaired) electrons. The van der Waals surface area contributed by atoms with Gasteiger partial charge in [-0.15, -0.1) is 0 Å². The summed E-state index contributed by atoms with van der Waals surface area (Å²) in [6.07, 6.45) is 12.8. The molecular weight excluding hydrogens is 286 g/mol. The number of hydrogen-bond donors (Lipinski definition) is 2. The van der Waals surface area contributed by atoms with Gasteiger partial charge in [0.1, 0.15) is 0 Å². The summed E-state index contributed by atoms with van der Waals surface area (Å²) in [6, 6.07) is 7.63. The van der Waals surface area contributed by atoms with E-state index >= 15 is 0 Å². The number of hydrogen-bond acceptors (Lipinski definition) is 2. The molecule has 23 heavy (non-hydrogen) atoms. The third-order valence-electron chi connectivity index (χ3n) is 6.66. The van der Waals surface area contributed by atoms with Crippen molar-refractivity contribution in [1.82, 2.24) is 5.48 Å². The molecule has 1 amide bonds. The summed E-state index contributed by atoms with van der Waals surface area (Å²) < 4.78 is 0. The summed E-state index contributed by atoms with van der Waals surface area (Å²) in [5.41, 5.74) is 4.16. The Labute approximate surface area is 138 Å². The average Bonchev–Trinajstić information content (AvgIpc) is 2.53. The van der Waals surface area contributed by atoms with E-state index in [-0.39, 0.29) is 0 Å². The normalized spacial score (nSPS) is 34.6. The Morgan fingerprint density at radius 2 is 1.61 bits per heavy atom. The number of rotatable bonds is 5. The van der Waals surface area contributed by atoms with E-state index in [9.17, 15) is 4.79 Å². The Morgan fingerprint density at radius 3 is 2.13 bits per heavy atom. The van der Waals surface area contributed by atoms with Crippen molar-refractivity contribution in [3.63, 3.8) is 0 Å². The number of carbonyl (C=O) groups excluding carboxylic acids is 1. The van der Waals surface area contributed by atoms with E-state index in [4.69, 9.17) is 5.21 Å². The molecule has 4 aliphatic carbocycles. The fraction of sp³-hybridized carbons (Fsp3) is 0.650. The molecule has 3 heteroatoms. The molecule has 0 spiro atoms. The Balaban J connectivity index is 1.33. The molecule has 2 N–H and O–H groups in total. The first-order chi connectivity index (χ1) is 11.2. The molecule has 1 aromatic rings. The van der Waals surface area contributed by atoms with Gasteiger partial charge in [0.25, 0.3) is 5.91 Å². The second-order valence-corrected chi connectivity index (χ2v) is 8.41. The summed E-state index contributed by atoms with van der Waals surface area (Å²) in [4.78, 5) is 11.3. The fourth-order valence-corrected chi connectivity index (χ4v) is 6.15. The highest BCUT2D eigenvalue weighted by molar-refractivity contribution is 5.93. The van der Waals surface area contributed by atoms with Crippen LogP contribution in [0.4, 0.5) is 0 Å². The Morgan fingerprint density at radius 1 is 1.04 bits per heavy atom. The van der Waals surface area contributed by atoms with Crippen LogP contribution in [0.5, 0.6) is 0 Å². The van der Waals surface area contributed by atoms with Crippen molar-refractivity contribution in [2.45, 2.75) is 57.8 Å². The van der Waals surface area contributed by atoms with Crippen LogP contribution in [-0.4, -0.2) is 11.1 Å². The van der Waals surface area contributed by atoms with Crippen molar-refractivity contribution in [2.24, 2.45) is 23.2 Å². The maximum atomic E-state index is 11.3. The topological polar surface area (TPSA) is 49.3 Å². The highest BCUT2D eigenvalue weighted by Crippen LogP contribution is 2.61. The first-order valence-corrected chi connectivity index (χ1v) is 9.19. The summed E-state index contributed by atoms with van der Waals surface area (Å²) in [6.45, 7) is 0. The Hall–Kier alpha value is -1.35. The average molecular weight is 313 g/mol. The quantitative estimate of drug-likeness (QED) is 0.627. The van der Waals surface area contributed by atoms with Gasteiger partial charge in [-0.25, -0.2) is 5.48 Å². The van der Waals surface area contributed by atoms with Gasteiger partial charge in [-0.3, -0.25) is 10.0 Å². The van der Waals surface area contributed by atoms with Crippen molar-refractivity contribution in [1.29, 1.82) is 0 Å². The lowest BCUT2D eigenvalue weighted by molar-refractivity contribution is -0.0580. The molecule has 0 heterocycles. The van der Waals surface area contributed by atoms with E-state index in [1.165, 1.54) is 56.9 Å². The minimum absolute atomic E-state index is 0.440. The summed E-state index contributed by atoms with van der Waals surface area (Å²) in [7, 11) is 0. The number of benzene rings is 1. The third kappa shape index (κ3) is 3.03. The molecule has 0 saturated heterocycles. The van der Waals surface area contributed by atoms with Crippen LogP contribution in [0.1, 0.15) is 67.3 Å². The minimum Gasteiger partial charge on any atom is -0.288 e. The van der Waals surface area contributed by atoms with E-state index in [0.29, 0.717) is 11.0 Å². The molecule has 0 aliphatic heterocycles. The van der Waals surface area contributed by atoms with Crippen LogP contribution < -0.4 is 5.48 Å². The highest BCUT2D eigenvalue weighted by atomic mass is 16.5. The molecule has 3 nitrogen and oxygen atoms in total. The summed E-state index contributed by atoms with van der Waals surface area (Å²) >= 11 is 0. The molecule has 1 aromatic carbocycles. The maximum absolute atomic E-state index is 11.3. The molecule has 0 aromatic heterocycles. The smallest absolute Gasteiger partial charge is 0.274 e. The SMILES string of the molecule is O=C(NO)c1ccc(CCCC23CC4CC(CC(C4)C2)C3)cc1. The largest absolute Gasteiger partial charge is 0.288 e. The lowest BCUT2D eigenvalue weighted by atomic mass is 9.48. The van der Waals surface area contributed by atoms with E-state index in [0.717, 1.165) is 24.2 Å². The highest BCUT2D eigenvalue weighted by Gasteiger charge is 2.50. The van der Waals surface area contributed by atoms with Crippen LogP contribution in [0.2, 0.25) is 0 Å². The zero-order valence-electron chi connectivity index (χ0n) is 13.8. The number of amides is 1. The van der Waals surface area contributed by atoms with Gasteiger partial charge < -0.3 is 0 Å². The zero-order valence-corrected chi connectivity index (χ0v) is 13.8. The van der Waals surface area contributed by atoms with Gasteiger partial charge in [0.05, 0.1) is 0 Å². The van der Waals surface area contributed by atoms with Crippen LogP contribution in [0, 0.1) is 23.2 Å². The summed E-state index contributed by atoms with van der Waals surface area (Å²) in [5.74, 6) is 2.68. The van der Waals surface area contributed by atoms with Crippen molar-refractivity contribution < 1.29 is 10.0 Å². The number of nitrogens with one attached hydrogen (secondary N) is 1. The molecule has 4 aliphatic rings. The van der Waals surface area contributed by atoms with Gasteiger partial charge in [-0.2, -0.15) is 0 Å². The van der Waals surface area contributed by atoms with Gasteiger partial charge in [0, 0.05) is 5.56 Å². The number of aryl methyl sites for hydroxylation is 1. The van der Waals surface area contributed by atoms with Crippen molar-refractivity contribution in [3.8, 4) is 0 Å². The third-order valence-corrected chi connectivity index (χ3v) is 6.66. The van der Waals surface area contributed by atoms with Crippen molar-refractivity contribution >= 4 is 5.91 Å².